The zero-order valence-electron chi connectivity index (χ0n) is 13.7. The third kappa shape index (κ3) is 4.79. The van der Waals surface area contributed by atoms with Gasteiger partial charge in [0, 0.05) is 19.6 Å². The van der Waals surface area contributed by atoms with Crippen LogP contribution in [0.4, 0.5) is 0 Å². The van der Waals surface area contributed by atoms with E-state index in [-0.39, 0.29) is 18.2 Å². The normalized spacial score (nSPS) is 24.1. The number of carbonyl (C=O) groups is 1. The molecule has 23 heavy (non-hydrogen) atoms. The Bertz CT molecular complexity index is 508. The van der Waals surface area contributed by atoms with Crippen LogP contribution in [0.2, 0.25) is 0 Å². The molecule has 1 saturated heterocycles. The largest absolute Gasteiger partial charge is 0.489 e. The van der Waals surface area contributed by atoms with Gasteiger partial charge in [-0.15, -0.1) is 0 Å². The number of unbranched alkanes of at least 4 members (excludes halogenated alkanes) is 2. The number of fused-ring (bicyclic) bond motifs is 1. The zero-order chi connectivity index (χ0) is 15.9. The van der Waals surface area contributed by atoms with E-state index >= 15 is 0 Å². The molecule has 0 radical (unpaired) electrons. The lowest BCUT2D eigenvalue weighted by Crippen LogP contribution is -2.26. The highest BCUT2D eigenvalue weighted by Crippen LogP contribution is 2.29. The molecular weight excluding hydrogens is 292 g/mol. The number of ether oxygens (including phenoxy) is 3. The standard InChI is InChI=1S/C19H26O4/c20-17-14-15(23-18-10-4-3-9-16(17)18)8-2-1-6-12-21-19-11-5-7-13-22-19/h3-4,9-10,15,19H,1-2,5-8,11-14H2. The van der Waals surface area contributed by atoms with Crippen molar-refractivity contribution in [2.45, 2.75) is 63.8 Å². The second-order valence-corrected chi connectivity index (χ2v) is 6.38. The van der Waals surface area contributed by atoms with Gasteiger partial charge in [-0.2, -0.15) is 0 Å². The molecule has 1 fully saturated rings. The fourth-order valence-electron chi connectivity index (χ4n) is 3.21. The summed E-state index contributed by atoms with van der Waals surface area (Å²) in [5.41, 5.74) is 0.727. The van der Waals surface area contributed by atoms with Crippen LogP contribution >= 0.6 is 0 Å². The first-order valence-electron chi connectivity index (χ1n) is 8.85. The van der Waals surface area contributed by atoms with Gasteiger partial charge in [0.2, 0.25) is 0 Å². The molecule has 2 atom stereocenters. The molecule has 1 aromatic carbocycles. The quantitative estimate of drug-likeness (QED) is 0.709. The van der Waals surface area contributed by atoms with Crippen LogP contribution in [-0.4, -0.2) is 31.4 Å². The average Bonchev–Trinajstić information content (AvgIpc) is 2.59. The van der Waals surface area contributed by atoms with E-state index in [9.17, 15) is 4.79 Å². The number of para-hydroxylation sites is 1. The summed E-state index contributed by atoms with van der Waals surface area (Å²) >= 11 is 0. The Morgan fingerprint density at radius 3 is 2.91 bits per heavy atom. The summed E-state index contributed by atoms with van der Waals surface area (Å²) in [6.45, 7) is 1.59. The van der Waals surface area contributed by atoms with Crippen molar-refractivity contribution in [1.29, 1.82) is 0 Å². The Morgan fingerprint density at radius 1 is 1.13 bits per heavy atom. The van der Waals surface area contributed by atoms with E-state index in [0.29, 0.717) is 6.42 Å². The van der Waals surface area contributed by atoms with Gasteiger partial charge in [-0.05, 0) is 50.7 Å². The molecule has 0 amide bonds. The number of Topliss-reactive ketones (excluding diaryl/α,β-unsaturated/α-hetero) is 1. The van der Waals surface area contributed by atoms with Crippen LogP contribution in [0.1, 0.15) is 61.7 Å². The number of hydrogen-bond donors (Lipinski definition) is 0. The monoisotopic (exact) mass is 318 g/mol. The molecule has 0 aliphatic carbocycles. The Labute approximate surface area is 138 Å². The van der Waals surface area contributed by atoms with Crippen LogP contribution in [0.25, 0.3) is 0 Å². The lowest BCUT2D eigenvalue weighted by atomic mass is 9.97. The Kier molecular flexibility index (Phi) is 6.06. The number of rotatable bonds is 7. The van der Waals surface area contributed by atoms with Gasteiger partial charge >= 0.3 is 0 Å². The Hall–Kier alpha value is -1.39. The molecule has 1 aromatic rings. The van der Waals surface area contributed by atoms with Gasteiger partial charge in [0.15, 0.2) is 12.1 Å². The summed E-state index contributed by atoms with van der Waals surface area (Å²) in [5.74, 6) is 0.946. The first-order valence-corrected chi connectivity index (χ1v) is 8.85. The van der Waals surface area contributed by atoms with Crippen molar-refractivity contribution in [3.8, 4) is 5.75 Å². The number of carbonyl (C=O) groups excluding carboxylic acids is 1. The maximum absolute atomic E-state index is 12.1. The van der Waals surface area contributed by atoms with Crippen LogP contribution in [-0.2, 0) is 9.47 Å². The van der Waals surface area contributed by atoms with Crippen molar-refractivity contribution in [2.24, 2.45) is 0 Å². The molecule has 2 heterocycles. The van der Waals surface area contributed by atoms with E-state index in [4.69, 9.17) is 14.2 Å². The van der Waals surface area contributed by atoms with Gasteiger partial charge in [0.1, 0.15) is 11.9 Å². The fourth-order valence-corrected chi connectivity index (χ4v) is 3.21. The number of benzene rings is 1. The van der Waals surface area contributed by atoms with Crippen molar-refractivity contribution < 1.29 is 19.0 Å². The second kappa shape index (κ2) is 8.46. The molecule has 4 heteroatoms. The van der Waals surface area contributed by atoms with Crippen LogP contribution < -0.4 is 4.74 Å². The van der Waals surface area contributed by atoms with Crippen LogP contribution in [0.5, 0.6) is 5.75 Å². The molecular formula is C19H26O4. The summed E-state index contributed by atoms with van der Waals surface area (Å²) in [6, 6.07) is 7.53. The predicted molar refractivity (Wildman–Crippen MR) is 87.8 cm³/mol. The maximum Gasteiger partial charge on any atom is 0.170 e. The van der Waals surface area contributed by atoms with Gasteiger partial charge in [-0.3, -0.25) is 4.79 Å². The molecule has 3 rings (SSSR count). The van der Waals surface area contributed by atoms with E-state index in [0.717, 1.165) is 63.1 Å². The van der Waals surface area contributed by atoms with Gasteiger partial charge in [-0.25, -0.2) is 0 Å². The molecule has 0 spiro atoms. The summed E-state index contributed by atoms with van der Waals surface area (Å²) in [6.07, 6.45) is 8.07. The fraction of sp³-hybridized carbons (Fsp3) is 0.632. The van der Waals surface area contributed by atoms with Gasteiger partial charge < -0.3 is 14.2 Å². The van der Waals surface area contributed by atoms with Crippen molar-refractivity contribution in [3.05, 3.63) is 29.8 Å². The van der Waals surface area contributed by atoms with Crippen LogP contribution in [0.15, 0.2) is 24.3 Å². The molecule has 2 aliphatic rings. The molecule has 0 bridgehead atoms. The third-order valence-electron chi connectivity index (χ3n) is 4.51. The molecule has 0 saturated carbocycles. The zero-order valence-corrected chi connectivity index (χ0v) is 13.7. The second-order valence-electron chi connectivity index (χ2n) is 6.38. The van der Waals surface area contributed by atoms with Gasteiger partial charge in [0.25, 0.3) is 0 Å². The molecule has 2 unspecified atom stereocenters. The maximum atomic E-state index is 12.1. The minimum atomic E-state index is 0.0135. The summed E-state index contributed by atoms with van der Waals surface area (Å²) in [7, 11) is 0. The van der Waals surface area contributed by atoms with E-state index in [1.165, 1.54) is 6.42 Å². The summed E-state index contributed by atoms with van der Waals surface area (Å²) < 4.78 is 17.2. The van der Waals surface area contributed by atoms with Crippen molar-refractivity contribution in [3.63, 3.8) is 0 Å². The smallest absolute Gasteiger partial charge is 0.170 e. The number of ketones is 1. The van der Waals surface area contributed by atoms with E-state index < -0.39 is 0 Å². The minimum absolute atomic E-state index is 0.0135. The van der Waals surface area contributed by atoms with Crippen molar-refractivity contribution >= 4 is 5.78 Å². The van der Waals surface area contributed by atoms with E-state index in [1.807, 2.05) is 24.3 Å². The van der Waals surface area contributed by atoms with Crippen LogP contribution in [0.3, 0.4) is 0 Å². The summed E-state index contributed by atoms with van der Waals surface area (Å²) in [5, 5.41) is 0. The minimum Gasteiger partial charge on any atom is -0.489 e. The SMILES string of the molecule is O=C1CC(CCCCCOC2CCCCO2)Oc2ccccc21. The topological polar surface area (TPSA) is 44.8 Å². The van der Waals surface area contributed by atoms with E-state index in [2.05, 4.69) is 0 Å². The predicted octanol–water partition coefficient (Wildman–Crippen LogP) is 4.12. The highest BCUT2D eigenvalue weighted by Gasteiger charge is 2.25. The van der Waals surface area contributed by atoms with Gasteiger partial charge in [0.05, 0.1) is 5.56 Å². The first-order chi connectivity index (χ1) is 11.3. The van der Waals surface area contributed by atoms with E-state index in [1.54, 1.807) is 0 Å². The molecule has 2 aliphatic heterocycles. The van der Waals surface area contributed by atoms with Crippen molar-refractivity contribution in [1.82, 2.24) is 0 Å². The molecule has 4 nitrogen and oxygen atoms in total. The Morgan fingerprint density at radius 2 is 2.04 bits per heavy atom. The first kappa shape index (κ1) is 16.5. The van der Waals surface area contributed by atoms with Gasteiger partial charge in [-0.1, -0.05) is 18.6 Å². The number of hydrogen-bond acceptors (Lipinski definition) is 4. The molecule has 126 valence electrons. The van der Waals surface area contributed by atoms with Crippen LogP contribution in [0, 0.1) is 0 Å². The average molecular weight is 318 g/mol. The highest BCUT2D eigenvalue weighted by atomic mass is 16.7. The Balaban J connectivity index is 1.30. The molecule has 0 aromatic heterocycles. The summed E-state index contributed by atoms with van der Waals surface area (Å²) in [4.78, 5) is 12.1. The lowest BCUT2D eigenvalue weighted by molar-refractivity contribution is -0.162. The highest BCUT2D eigenvalue weighted by molar-refractivity contribution is 5.99. The van der Waals surface area contributed by atoms with Crippen molar-refractivity contribution in [2.75, 3.05) is 13.2 Å². The lowest BCUT2D eigenvalue weighted by Gasteiger charge is -2.25. The molecule has 0 N–H and O–H groups in total. The third-order valence-corrected chi connectivity index (χ3v) is 4.51.